The molecule has 31 heavy (non-hydrogen) atoms. The second-order valence-electron chi connectivity index (χ2n) is 6.37. The van der Waals surface area contributed by atoms with Gasteiger partial charge in [-0.05, 0) is 42.0 Å². The lowest BCUT2D eigenvalue weighted by Gasteiger charge is -2.13. The standard InChI is InChI=1S/C21H18F3NO4S2/c1-25-19(26)18(31-20(25)30)11-13-6-7-16(17(10-13)27-2)29-9-8-28-15-5-3-4-14(12-15)21(22,23)24/h3-7,10-12H,8-9H2,1-2H3. The maximum atomic E-state index is 12.8. The molecule has 1 aliphatic heterocycles. The van der Waals surface area contributed by atoms with Crippen LogP contribution in [0.2, 0.25) is 0 Å². The van der Waals surface area contributed by atoms with Gasteiger partial charge < -0.3 is 14.2 Å². The van der Waals surface area contributed by atoms with Gasteiger partial charge in [0.15, 0.2) is 11.5 Å². The first kappa shape index (κ1) is 23.0. The van der Waals surface area contributed by atoms with Gasteiger partial charge in [0, 0.05) is 7.05 Å². The minimum atomic E-state index is -4.43. The highest BCUT2D eigenvalue weighted by Crippen LogP contribution is 2.34. The first-order valence-electron chi connectivity index (χ1n) is 9.01. The Labute approximate surface area is 186 Å². The third-order valence-corrected chi connectivity index (χ3v) is 5.73. The lowest BCUT2D eigenvalue weighted by molar-refractivity contribution is -0.137. The fraction of sp³-hybridized carbons (Fsp3) is 0.238. The summed E-state index contributed by atoms with van der Waals surface area (Å²) in [5.74, 6) is 0.824. The van der Waals surface area contributed by atoms with Gasteiger partial charge in [0.05, 0.1) is 17.6 Å². The molecule has 1 fully saturated rings. The molecule has 2 aromatic carbocycles. The second-order valence-corrected chi connectivity index (χ2v) is 8.05. The Bertz CT molecular complexity index is 1020. The molecule has 0 unspecified atom stereocenters. The molecule has 1 amide bonds. The van der Waals surface area contributed by atoms with Crippen molar-refractivity contribution in [2.24, 2.45) is 0 Å². The van der Waals surface area contributed by atoms with Gasteiger partial charge in [-0.1, -0.05) is 36.1 Å². The zero-order chi connectivity index (χ0) is 22.6. The fourth-order valence-corrected chi connectivity index (χ4v) is 3.84. The number of halogens is 3. The number of hydrogen-bond donors (Lipinski definition) is 0. The number of likely N-dealkylation sites (N-methyl/N-ethyl adjacent to an activating group) is 1. The van der Waals surface area contributed by atoms with E-state index in [1.807, 2.05) is 0 Å². The van der Waals surface area contributed by atoms with Crippen LogP contribution in [0.1, 0.15) is 11.1 Å². The van der Waals surface area contributed by atoms with E-state index in [1.165, 1.54) is 35.9 Å². The first-order chi connectivity index (χ1) is 14.7. The lowest BCUT2D eigenvalue weighted by atomic mass is 10.2. The Kier molecular flexibility index (Phi) is 7.11. The highest BCUT2D eigenvalue weighted by molar-refractivity contribution is 8.26. The molecule has 0 saturated carbocycles. The van der Waals surface area contributed by atoms with Crippen molar-refractivity contribution < 1.29 is 32.2 Å². The predicted molar refractivity (Wildman–Crippen MR) is 116 cm³/mol. The molecular formula is C21H18F3NO4S2. The van der Waals surface area contributed by atoms with Gasteiger partial charge in [0.1, 0.15) is 23.3 Å². The minimum absolute atomic E-state index is 0.0468. The number of carbonyl (C=O) groups is 1. The van der Waals surface area contributed by atoms with Crippen molar-refractivity contribution in [2.75, 3.05) is 27.4 Å². The van der Waals surface area contributed by atoms with E-state index in [2.05, 4.69) is 0 Å². The predicted octanol–water partition coefficient (Wildman–Crippen LogP) is 5.00. The Balaban J connectivity index is 1.60. The number of hydrogen-bond acceptors (Lipinski definition) is 6. The number of amides is 1. The summed E-state index contributed by atoms with van der Waals surface area (Å²) < 4.78 is 55.1. The van der Waals surface area contributed by atoms with Gasteiger partial charge in [-0.25, -0.2) is 0 Å². The van der Waals surface area contributed by atoms with Crippen LogP contribution in [0.3, 0.4) is 0 Å². The van der Waals surface area contributed by atoms with Gasteiger partial charge in [-0.15, -0.1) is 0 Å². The van der Waals surface area contributed by atoms with E-state index in [-0.39, 0.29) is 24.9 Å². The number of alkyl halides is 3. The number of benzene rings is 2. The molecule has 10 heteroatoms. The molecule has 0 aliphatic carbocycles. The molecule has 5 nitrogen and oxygen atoms in total. The monoisotopic (exact) mass is 469 g/mol. The zero-order valence-corrected chi connectivity index (χ0v) is 18.2. The largest absolute Gasteiger partial charge is 0.493 e. The van der Waals surface area contributed by atoms with Crippen molar-refractivity contribution in [3.05, 3.63) is 58.5 Å². The maximum Gasteiger partial charge on any atom is 0.416 e. The Morgan fingerprint density at radius 2 is 1.84 bits per heavy atom. The summed E-state index contributed by atoms with van der Waals surface area (Å²) in [7, 11) is 3.11. The molecular weight excluding hydrogens is 451 g/mol. The third kappa shape index (κ3) is 5.71. The van der Waals surface area contributed by atoms with Gasteiger partial charge in [0.2, 0.25) is 0 Å². The summed E-state index contributed by atoms with van der Waals surface area (Å²) in [6.07, 6.45) is -2.71. The normalized spacial score (nSPS) is 15.5. The van der Waals surface area contributed by atoms with E-state index in [0.29, 0.717) is 20.7 Å². The molecule has 0 atom stereocenters. The van der Waals surface area contributed by atoms with Crippen LogP contribution in [0.4, 0.5) is 13.2 Å². The molecule has 0 bridgehead atoms. The zero-order valence-electron chi connectivity index (χ0n) is 16.6. The van der Waals surface area contributed by atoms with Gasteiger partial charge in [-0.3, -0.25) is 9.69 Å². The Morgan fingerprint density at radius 1 is 1.10 bits per heavy atom. The van der Waals surface area contributed by atoms with Crippen molar-refractivity contribution in [3.8, 4) is 17.2 Å². The van der Waals surface area contributed by atoms with Crippen LogP contribution in [0, 0.1) is 0 Å². The molecule has 164 valence electrons. The van der Waals surface area contributed by atoms with E-state index in [9.17, 15) is 18.0 Å². The smallest absolute Gasteiger partial charge is 0.416 e. The summed E-state index contributed by atoms with van der Waals surface area (Å²) in [5.41, 5.74) is -0.0403. The van der Waals surface area contributed by atoms with Crippen LogP contribution >= 0.6 is 24.0 Å². The highest BCUT2D eigenvalue weighted by atomic mass is 32.2. The number of ether oxygens (including phenoxy) is 3. The van der Waals surface area contributed by atoms with E-state index in [1.54, 1.807) is 31.3 Å². The second kappa shape index (κ2) is 9.61. The SMILES string of the molecule is COc1cc(C=C2SC(=S)N(C)C2=O)ccc1OCCOc1cccc(C(F)(F)F)c1. The topological polar surface area (TPSA) is 48.0 Å². The number of thiocarbonyl (C=S) groups is 1. The molecule has 1 aliphatic rings. The first-order valence-corrected chi connectivity index (χ1v) is 10.2. The summed E-state index contributed by atoms with van der Waals surface area (Å²) >= 11 is 6.34. The number of nitrogens with zero attached hydrogens (tertiary/aromatic N) is 1. The molecule has 2 aromatic rings. The van der Waals surface area contributed by atoms with Crippen molar-refractivity contribution in [2.45, 2.75) is 6.18 Å². The Morgan fingerprint density at radius 3 is 2.48 bits per heavy atom. The number of rotatable bonds is 7. The van der Waals surface area contributed by atoms with Crippen molar-refractivity contribution >= 4 is 40.3 Å². The lowest BCUT2D eigenvalue weighted by Crippen LogP contribution is -2.22. The third-order valence-electron chi connectivity index (χ3n) is 4.24. The van der Waals surface area contributed by atoms with Crippen molar-refractivity contribution in [3.63, 3.8) is 0 Å². The molecule has 0 spiro atoms. The van der Waals surface area contributed by atoms with Crippen LogP contribution in [0.25, 0.3) is 6.08 Å². The number of thioether (sulfide) groups is 1. The van der Waals surface area contributed by atoms with Gasteiger partial charge >= 0.3 is 6.18 Å². The molecule has 3 rings (SSSR count). The minimum Gasteiger partial charge on any atom is -0.493 e. The molecule has 0 N–H and O–H groups in total. The van der Waals surface area contributed by atoms with Crippen LogP contribution in [0.5, 0.6) is 17.2 Å². The number of methoxy groups -OCH3 is 1. The molecule has 0 radical (unpaired) electrons. The quantitative estimate of drug-likeness (QED) is 0.323. The molecule has 1 heterocycles. The summed E-state index contributed by atoms with van der Waals surface area (Å²) in [4.78, 5) is 14.0. The van der Waals surface area contributed by atoms with Crippen molar-refractivity contribution in [1.29, 1.82) is 0 Å². The summed E-state index contributed by atoms with van der Waals surface area (Å²) in [6, 6.07) is 9.81. The average Bonchev–Trinajstić information content (AvgIpc) is 2.98. The summed E-state index contributed by atoms with van der Waals surface area (Å²) in [6.45, 7) is 0.144. The van der Waals surface area contributed by atoms with Gasteiger partial charge in [0.25, 0.3) is 5.91 Å². The van der Waals surface area contributed by atoms with E-state index >= 15 is 0 Å². The molecule has 0 aromatic heterocycles. The van der Waals surface area contributed by atoms with Crippen LogP contribution in [-0.4, -0.2) is 42.5 Å². The van der Waals surface area contributed by atoms with Crippen LogP contribution in [0.15, 0.2) is 47.4 Å². The molecule has 1 saturated heterocycles. The number of carbonyl (C=O) groups excluding carboxylic acids is 1. The Hall–Kier alpha value is -2.72. The average molecular weight is 470 g/mol. The van der Waals surface area contributed by atoms with E-state index in [4.69, 9.17) is 26.4 Å². The summed E-state index contributed by atoms with van der Waals surface area (Å²) in [5, 5.41) is 0. The van der Waals surface area contributed by atoms with Crippen molar-refractivity contribution in [1.82, 2.24) is 4.90 Å². The highest BCUT2D eigenvalue weighted by Gasteiger charge is 2.30. The maximum absolute atomic E-state index is 12.8. The fourth-order valence-electron chi connectivity index (χ4n) is 2.66. The van der Waals surface area contributed by atoms with E-state index in [0.717, 1.165) is 17.7 Å². The van der Waals surface area contributed by atoms with Crippen LogP contribution in [-0.2, 0) is 11.0 Å². The van der Waals surface area contributed by atoms with E-state index < -0.39 is 11.7 Å². The van der Waals surface area contributed by atoms with Crippen LogP contribution < -0.4 is 14.2 Å². The van der Waals surface area contributed by atoms with Gasteiger partial charge in [-0.2, -0.15) is 13.2 Å².